The fourth-order valence-corrected chi connectivity index (χ4v) is 4.55. The summed E-state index contributed by atoms with van der Waals surface area (Å²) < 4.78 is 5.64. The molecule has 2 aromatic carbocycles. The van der Waals surface area contributed by atoms with Gasteiger partial charge in [-0.1, -0.05) is 75.2 Å². The molecule has 7 nitrogen and oxygen atoms in total. The Kier molecular flexibility index (Phi) is 9.08. The first-order valence-corrected chi connectivity index (χ1v) is 12.1. The largest absolute Gasteiger partial charge is 0.480 e. The lowest BCUT2D eigenvalue weighted by Gasteiger charge is -2.24. The third kappa shape index (κ3) is 6.37. The van der Waals surface area contributed by atoms with E-state index in [0.717, 1.165) is 35.1 Å². The number of unbranched alkanes of at least 4 members (excludes halogenated alkanes) is 1. The number of benzene rings is 2. The number of hydrogen-bond acceptors (Lipinski definition) is 4. The fourth-order valence-electron chi connectivity index (χ4n) is 4.55. The number of carbonyl (C=O) groups is 3. The van der Waals surface area contributed by atoms with Crippen molar-refractivity contribution in [2.75, 3.05) is 19.7 Å². The van der Waals surface area contributed by atoms with E-state index in [1.54, 1.807) is 0 Å². The summed E-state index contributed by atoms with van der Waals surface area (Å²) in [4.78, 5) is 37.9. The van der Waals surface area contributed by atoms with Gasteiger partial charge in [-0.3, -0.25) is 9.59 Å². The molecule has 0 spiro atoms. The van der Waals surface area contributed by atoms with Gasteiger partial charge in [0.1, 0.15) is 13.2 Å². The van der Waals surface area contributed by atoms with E-state index >= 15 is 0 Å². The highest BCUT2D eigenvalue weighted by Gasteiger charge is 2.29. The number of carbonyl (C=O) groups excluding carboxylic acids is 2. The quantitative estimate of drug-likeness (QED) is 0.469. The minimum absolute atomic E-state index is 0.0375. The predicted molar refractivity (Wildman–Crippen MR) is 131 cm³/mol. The van der Waals surface area contributed by atoms with Crippen LogP contribution in [0.15, 0.2) is 48.5 Å². The lowest BCUT2D eigenvalue weighted by molar-refractivity contribution is -0.144. The second-order valence-electron chi connectivity index (χ2n) is 8.72. The molecule has 0 aliphatic heterocycles. The summed E-state index contributed by atoms with van der Waals surface area (Å²) in [6.07, 6.45) is 2.55. The number of alkyl carbamates (subject to hydrolysis) is 1. The zero-order valence-electron chi connectivity index (χ0n) is 20.0. The van der Waals surface area contributed by atoms with Crippen LogP contribution in [0.3, 0.4) is 0 Å². The summed E-state index contributed by atoms with van der Waals surface area (Å²) in [7, 11) is 0. The minimum Gasteiger partial charge on any atom is -0.480 e. The van der Waals surface area contributed by atoms with E-state index in [1.807, 2.05) is 38.1 Å². The van der Waals surface area contributed by atoms with Gasteiger partial charge in [-0.05, 0) is 35.1 Å². The van der Waals surface area contributed by atoms with Crippen molar-refractivity contribution in [3.8, 4) is 11.1 Å². The van der Waals surface area contributed by atoms with Gasteiger partial charge in [0.2, 0.25) is 5.91 Å². The van der Waals surface area contributed by atoms with Gasteiger partial charge >= 0.3 is 12.1 Å². The third-order valence-electron chi connectivity index (χ3n) is 6.17. The van der Waals surface area contributed by atoms with Crippen LogP contribution in [-0.2, 0) is 14.3 Å². The van der Waals surface area contributed by atoms with Crippen LogP contribution in [0.5, 0.6) is 0 Å². The van der Waals surface area contributed by atoms with Crippen LogP contribution < -0.4 is 5.32 Å². The predicted octanol–water partition coefficient (Wildman–Crippen LogP) is 4.80. The van der Waals surface area contributed by atoms with Crippen molar-refractivity contribution in [3.63, 3.8) is 0 Å². The Bertz CT molecular complexity index is 961. The maximum absolute atomic E-state index is 12.7. The van der Waals surface area contributed by atoms with Crippen LogP contribution in [0.25, 0.3) is 11.1 Å². The fraction of sp³-hybridized carbons (Fsp3) is 0.444. The Morgan fingerprint density at radius 1 is 1.00 bits per heavy atom. The molecule has 0 aromatic heterocycles. The molecule has 1 aliphatic rings. The van der Waals surface area contributed by atoms with E-state index in [4.69, 9.17) is 9.84 Å². The van der Waals surface area contributed by atoms with Crippen molar-refractivity contribution in [1.29, 1.82) is 0 Å². The molecule has 0 heterocycles. The summed E-state index contributed by atoms with van der Waals surface area (Å²) in [5.74, 6) is -1.36. The summed E-state index contributed by atoms with van der Waals surface area (Å²) in [6, 6.07) is 15.9. The zero-order chi connectivity index (χ0) is 24.5. The molecule has 2 N–H and O–H groups in total. The molecule has 0 saturated carbocycles. The smallest absolute Gasteiger partial charge is 0.407 e. The van der Waals surface area contributed by atoms with Gasteiger partial charge in [0.15, 0.2) is 0 Å². The molecule has 1 atom stereocenters. The molecule has 0 bridgehead atoms. The molecule has 1 aliphatic carbocycles. The maximum atomic E-state index is 12.7. The van der Waals surface area contributed by atoms with E-state index in [-0.39, 0.29) is 31.4 Å². The Labute approximate surface area is 201 Å². The number of amides is 2. The molecular formula is C27H34N2O5. The molecule has 2 aromatic rings. The number of nitrogens with zero attached hydrogens (tertiary/aromatic N) is 1. The highest BCUT2D eigenvalue weighted by Crippen LogP contribution is 2.44. The summed E-state index contributed by atoms with van der Waals surface area (Å²) in [5.41, 5.74) is 4.59. The maximum Gasteiger partial charge on any atom is 0.407 e. The van der Waals surface area contributed by atoms with Crippen molar-refractivity contribution < 1.29 is 24.2 Å². The molecule has 3 rings (SSSR count). The molecule has 0 radical (unpaired) electrons. The van der Waals surface area contributed by atoms with E-state index in [0.29, 0.717) is 19.4 Å². The lowest BCUT2D eigenvalue weighted by atomic mass is 9.98. The summed E-state index contributed by atoms with van der Waals surface area (Å²) >= 11 is 0. The number of carboxylic acids is 1. The first-order valence-electron chi connectivity index (χ1n) is 12.1. The average Bonchev–Trinajstić information content (AvgIpc) is 3.14. The molecule has 1 unspecified atom stereocenters. The van der Waals surface area contributed by atoms with Gasteiger partial charge in [0, 0.05) is 24.9 Å². The second-order valence-corrected chi connectivity index (χ2v) is 8.72. The number of hydrogen-bond donors (Lipinski definition) is 2. The number of nitrogens with one attached hydrogen (secondary N) is 1. The molecule has 0 saturated heterocycles. The minimum atomic E-state index is -1.04. The molecule has 2 amide bonds. The molecular weight excluding hydrogens is 432 g/mol. The van der Waals surface area contributed by atoms with Crippen molar-refractivity contribution in [3.05, 3.63) is 59.7 Å². The van der Waals surface area contributed by atoms with Crippen LogP contribution in [0.1, 0.15) is 63.0 Å². The van der Waals surface area contributed by atoms with Gasteiger partial charge in [-0.25, -0.2) is 4.79 Å². The number of rotatable bonds is 12. The number of fused-ring (bicyclic) bond motifs is 3. The van der Waals surface area contributed by atoms with Crippen LogP contribution in [0.4, 0.5) is 4.79 Å². The monoisotopic (exact) mass is 466 g/mol. The Morgan fingerprint density at radius 2 is 1.62 bits per heavy atom. The highest BCUT2D eigenvalue weighted by atomic mass is 16.5. The summed E-state index contributed by atoms with van der Waals surface area (Å²) in [5, 5.41) is 12.0. The van der Waals surface area contributed by atoms with Crippen molar-refractivity contribution in [2.24, 2.45) is 0 Å². The number of carboxylic acid groups (broad SMARTS) is 1. The Balaban J connectivity index is 1.63. The van der Waals surface area contributed by atoms with Crippen LogP contribution >= 0.6 is 0 Å². The molecule has 7 heteroatoms. The van der Waals surface area contributed by atoms with Crippen molar-refractivity contribution >= 4 is 18.0 Å². The normalized spacial score (nSPS) is 13.0. The van der Waals surface area contributed by atoms with Crippen LogP contribution in [-0.4, -0.2) is 53.7 Å². The zero-order valence-corrected chi connectivity index (χ0v) is 20.0. The number of aliphatic carboxylic acids is 1. The average molecular weight is 467 g/mol. The number of ether oxygens (including phenoxy) is 1. The van der Waals surface area contributed by atoms with Gasteiger partial charge in [0.25, 0.3) is 0 Å². The summed E-state index contributed by atoms with van der Waals surface area (Å²) in [6.45, 7) is 4.18. The first kappa shape index (κ1) is 25.3. The van der Waals surface area contributed by atoms with Crippen LogP contribution in [0.2, 0.25) is 0 Å². The highest BCUT2D eigenvalue weighted by molar-refractivity contribution is 5.82. The van der Waals surface area contributed by atoms with E-state index < -0.39 is 18.1 Å². The lowest BCUT2D eigenvalue weighted by Crippen LogP contribution is -2.43. The standard InChI is InChI=1S/C27H34N2O5/c1-3-5-10-19(16-25(30)29(15-4-2)17-26(31)32)28-27(33)34-18-24-22-13-8-6-11-20(22)21-12-7-9-14-23(21)24/h6-9,11-14,19,24H,3-5,10,15-18H2,1-2H3,(H,28,33)(H,31,32). The van der Waals surface area contributed by atoms with E-state index in [1.165, 1.54) is 4.90 Å². The van der Waals surface area contributed by atoms with Crippen molar-refractivity contribution in [2.45, 2.75) is 57.9 Å². The van der Waals surface area contributed by atoms with Gasteiger partial charge in [0.05, 0.1) is 0 Å². The molecule has 0 fully saturated rings. The molecule has 182 valence electrons. The topological polar surface area (TPSA) is 95.9 Å². The Morgan fingerprint density at radius 3 is 2.18 bits per heavy atom. The second kappa shape index (κ2) is 12.2. The van der Waals surface area contributed by atoms with E-state index in [9.17, 15) is 14.4 Å². The van der Waals surface area contributed by atoms with Crippen molar-refractivity contribution in [1.82, 2.24) is 10.2 Å². The van der Waals surface area contributed by atoms with Gasteiger partial charge < -0.3 is 20.1 Å². The molecule has 34 heavy (non-hydrogen) atoms. The SMILES string of the molecule is CCCCC(CC(=O)N(CCC)CC(=O)O)NC(=O)OCC1c2ccccc2-c2ccccc21. The first-order chi connectivity index (χ1) is 16.4. The third-order valence-corrected chi connectivity index (χ3v) is 6.17. The van der Waals surface area contributed by atoms with Gasteiger partial charge in [-0.2, -0.15) is 0 Å². The Hall–Kier alpha value is -3.35. The van der Waals surface area contributed by atoms with E-state index in [2.05, 4.69) is 29.6 Å². The van der Waals surface area contributed by atoms with Gasteiger partial charge in [-0.15, -0.1) is 0 Å². The van der Waals surface area contributed by atoms with Crippen LogP contribution in [0, 0.1) is 0 Å².